The number of methoxy groups -OCH3 is 2. The zero-order valence-electron chi connectivity index (χ0n) is 17.6. The van der Waals surface area contributed by atoms with Crippen LogP contribution in [-0.2, 0) is 14.3 Å². The van der Waals surface area contributed by atoms with Gasteiger partial charge in [-0.2, -0.15) is 0 Å². The molecule has 1 N–H and O–H groups in total. The van der Waals surface area contributed by atoms with E-state index in [4.69, 9.17) is 26.4 Å². The molecule has 1 heterocycles. The number of carbonyl (C=O) groups is 1. The highest BCUT2D eigenvalue weighted by molar-refractivity contribution is 7.80. The van der Waals surface area contributed by atoms with Crippen molar-refractivity contribution in [1.29, 1.82) is 0 Å². The highest BCUT2D eigenvalue weighted by atomic mass is 32.1. The van der Waals surface area contributed by atoms with Crippen molar-refractivity contribution in [2.75, 3.05) is 32.3 Å². The Morgan fingerprint density at radius 3 is 2.57 bits per heavy atom. The molecule has 0 aliphatic carbocycles. The Morgan fingerprint density at radius 2 is 1.87 bits per heavy atom. The van der Waals surface area contributed by atoms with Gasteiger partial charge in [0.1, 0.15) is 12.4 Å². The summed E-state index contributed by atoms with van der Waals surface area (Å²) in [5, 5.41) is 3.83. The van der Waals surface area contributed by atoms with Gasteiger partial charge in [0.05, 0.1) is 25.3 Å². The number of anilines is 1. The van der Waals surface area contributed by atoms with E-state index in [0.29, 0.717) is 23.0 Å². The number of hydrogen-bond donors (Lipinski definition) is 1. The van der Waals surface area contributed by atoms with Crippen molar-refractivity contribution in [3.63, 3.8) is 0 Å². The molecule has 30 heavy (non-hydrogen) atoms. The average Bonchev–Trinajstić information content (AvgIpc) is 2.73. The third-order valence-corrected chi connectivity index (χ3v) is 5.21. The highest BCUT2D eigenvalue weighted by Crippen LogP contribution is 2.35. The van der Waals surface area contributed by atoms with E-state index in [0.717, 1.165) is 22.5 Å². The number of hydrogen-bond acceptors (Lipinski definition) is 5. The summed E-state index contributed by atoms with van der Waals surface area (Å²) in [5.74, 6) is 0.288. The van der Waals surface area contributed by atoms with Gasteiger partial charge in [-0.05, 0) is 61.5 Å². The summed E-state index contributed by atoms with van der Waals surface area (Å²) < 4.78 is 15.9. The number of rotatable bonds is 7. The van der Waals surface area contributed by atoms with Crippen LogP contribution in [0.25, 0.3) is 0 Å². The first-order chi connectivity index (χ1) is 14.5. The van der Waals surface area contributed by atoms with Gasteiger partial charge in [0, 0.05) is 18.5 Å². The SMILES string of the molecule is COCCOC(=O)C1=C(C)N(c2cccc(C)c2)C(=S)NC1c1cccc(OC)c1. The number of carbonyl (C=O) groups excluding carboxylic acids is 1. The van der Waals surface area contributed by atoms with Crippen molar-refractivity contribution in [2.45, 2.75) is 19.9 Å². The second kappa shape index (κ2) is 9.73. The summed E-state index contributed by atoms with van der Waals surface area (Å²) >= 11 is 5.69. The lowest BCUT2D eigenvalue weighted by Gasteiger charge is -2.37. The number of allylic oxidation sites excluding steroid dienone is 1. The van der Waals surface area contributed by atoms with Crippen LogP contribution >= 0.6 is 12.2 Å². The molecule has 3 rings (SSSR count). The van der Waals surface area contributed by atoms with Gasteiger partial charge < -0.3 is 19.5 Å². The van der Waals surface area contributed by atoms with Crippen molar-refractivity contribution in [1.82, 2.24) is 5.32 Å². The maximum Gasteiger partial charge on any atom is 0.338 e. The molecule has 7 heteroatoms. The van der Waals surface area contributed by atoms with E-state index in [9.17, 15) is 4.79 Å². The van der Waals surface area contributed by atoms with Crippen LogP contribution in [0.1, 0.15) is 24.1 Å². The molecule has 1 unspecified atom stereocenters. The second-order valence-corrected chi connectivity index (χ2v) is 7.35. The highest BCUT2D eigenvalue weighted by Gasteiger charge is 2.35. The summed E-state index contributed by atoms with van der Waals surface area (Å²) in [6.07, 6.45) is 0. The molecule has 0 bridgehead atoms. The number of nitrogens with zero attached hydrogens (tertiary/aromatic N) is 1. The Bertz CT molecular complexity index is 973. The topological polar surface area (TPSA) is 60.0 Å². The van der Waals surface area contributed by atoms with Gasteiger partial charge in [-0.1, -0.05) is 24.3 Å². The fraction of sp³-hybridized carbons (Fsp3) is 0.304. The van der Waals surface area contributed by atoms with E-state index in [2.05, 4.69) is 5.32 Å². The Labute approximate surface area is 182 Å². The molecule has 2 aromatic rings. The minimum atomic E-state index is -0.455. The first-order valence-electron chi connectivity index (χ1n) is 9.64. The first-order valence-corrected chi connectivity index (χ1v) is 10.0. The lowest BCUT2D eigenvalue weighted by Crippen LogP contribution is -2.48. The van der Waals surface area contributed by atoms with E-state index < -0.39 is 12.0 Å². The van der Waals surface area contributed by atoms with Crippen molar-refractivity contribution >= 4 is 29.0 Å². The molecule has 1 aliphatic rings. The quantitative estimate of drug-likeness (QED) is 0.409. The van der Waals surface area contributed by atoms with E-state index in [-0.39, 0.29) is 6.61 Å². The molecule has 0 radical (unpaired) electrons. The Morgan fingerprint density at radius 1 is 1.10 bits per heavy atom. The van der Waals surface area contributed by atoms with Crippen LogP contribution in [-0.4, -0.2) is 38.5 Å². The zero-order valence-corrected chi connectivity index (χ0v) is 18.4. The predicted octanol–water partition coefficient (Wildman–Crippen LogP) is 3.90. The fourth-order valence-corrected chi connectivity index (χ4v) is 3.81. The third-order valence-electron chi connectivity index (χ3n) is 4.91. The molecule has 0 saturated carbocycles. The number of aryl methyl sites for hydroxylation is 1. The maximum atomic E-state index is 13.1. The van der Waals surface area contributed by atoms with Crippen LogP contribution in [0, 0.1) is 6.92 Å². The summed E-state index contributed by atoms with van der Waals surface area (Å²) in [6.45, 7) is 4.40. The molecule has 0 amide bonds. The average molecular weight is 427 g/mol. The third kappa shape index (κ3) is 4.63. The molecule has 6 nitrogen and oxygen atoms in total. The largest absolute Gasteiger partial charge is 0.497 e. The second-order valence-electron chi connectivity index (χ2n) is 6.96. The summed E-state index contributed by atoms with van der Waals surface area (Å²) in [5.41, 5.74) is 4.06. The van der Waals surface area contributed by atoms with Gasteiger partial charge in [0.15, 0.2) is 5.11 Å². The van der Waals surface area contributed by atoms with Crippen LogP contribution in [0.5, 0.6) is 5.75 Å². The summed E-state index contributed by atoms with van der Waals surface area (Å²) in [4.78, 5) is 15.0. The van der Waals surface area contributed by atoms with Gasteiger partial charge in [-0.15, -0.1) is 0 Å². The summed E-state index contributed by atoms with van der Waals surface area (Å²) in [6, 6.07) is 15.1. The van der Waals surface area contributed by atoms with Crippen LogP contribution in [0.2, 0.25) is 0 Å². The molecule has 1 aliphatic heterocycles. The number of benzene rings is 2. The Balaban J connectivity index is 2.08. The monoisotopic (exact) mass is 426 g/mol. The minimum Gasteiger partial charge on any atom is -0.497 e. The standard InChI is InChI=1S/C23H26N2O4S/c1-15-7-5-9-18(13-15)25-16(2)20(22(26)29-12-11-27-3)21(24-23(25)30)17-8-6-10-19(14-17)28-4/h5-10,13-14,21H,11-12H2,1-4H3,(H,24,30). The van der Waals surface area contributed by atoms with E-state index in [1.807, 2.05) is 67.3 Å². The molecule has 2 aromatic carbocycles. The first kappa shape index (κ1) is 21.8. The lowest BCUT2D eigenvalue weighted by atomic mass is 9.94. The van der Waals surface area contributed by atoms with Crippen LogP contribution in [0.3, 0.4) is 0 Å². The minimum absolute atomic E-state index is 0.172. The van der Waals surface area contributed by atoms with Crippen LogP contribution in [0.15, 0.2) is 59.8 Å². The molecule has 0 saturated heterocycles. The van der Waals surface area contributed by atoms with Crippen molar-refractivity contribution in [2.24, 2.45) is 0 Å². The molecule has 0 aromatic heterocycles. The van der Waals surface area contributed by atoms with E-state index >= 15 is 0 Å². The molecular formula is C23H26N2O4S. The van der Waals surface area contributed by atoms with Crippen molar-refractivity contribution < 1.29 is 19.0 Å². The normalized spacial score (nSPS) is 16.3. The smallest absolute Gasteiger partial charge is 0.338 e. The predicted molar refractivity (Wildman–Crippen MR) is 121 cm³/mol. The number of thiocarbonyl (C=S) groups is 1. The van der Waals surface area contributed by atoms with Gasteiger partial charge in [0.25, 0.3) is 0 Å². The molecule has 158 valence electrons. The molecule has 0 fully saturated rings. The van der Waals surface area contributed by atoms with E-state index in [1.165, 1.54) is 0 Å². The number of nitrogens with one attached hydrogen (secondary N) is 1. The van der Waals surface area contributed by atoms with Crippen molar-refractivity contribution in [3.05, 3.63) is 70.9 Å². The van der Waals surface area contributed by atoms with Gasteiger partial charge in [-0.3, -0.25) is 4.90 Å². The molecule has 1 atom stereocenters. The van der Waals surface area contributed by atoms with Crippen LogP contribution < -0.4 is 15.0 Å². The maximum absolute atomic E-state index is 13.1. The Kier molecular flexibility index (Phi) is 7.07. The van der Waals surface area contributed by atoms with Gasteiger partial charge in [0.2, 0.25) is 0 Å². The van der Waals surface area contributed by atoms with E-state index in [1.54, 1.807) is 14.2 Å². The Hall–Kier alpha value is -2.90. The van der Waals surface area contributed by atoms with Gasteiger partial charge >= 0.3 is 5.97 Å². The van der Waals surface area contributed by atoms with Crippen molar-refractivity contribution in [3.8, 4) is 5.75 Å². The summed E-state index contributed by atoms with van der Waals surface area (Å²) in [7, 11) is 3.18. The zero-order chi connectivity index (χ0) is 21.7. The molecular weight excluding hydrogens is 400 g/mol. The molecule has 0 spiro atoms. The number of esters is 1. The number of ether oxygens (including phenoxy) is 3. The van der Waals surface area contributed by atoms with Crippen LogP contribution in [0.4, 0.5) is 5.69 Å². The lowest BCUT2D eigenvalue weighted by molar-refractivity contribution is -0.140. The fourth-order valence-electron chi connectivity index (χ4n) is 3.45. The van der Waals surface area contributed by atoms with Gasteiger partial charge in [-0.25, -0.2) is 4.79 Å².